The number of alkyl carbamates (subject to hydrolysis) is 2. The van der Waals surface area contributed by atoms with Crippen molar-refractivity contribution in [2.45, 2.75) is 104 Å². The third-order valence-corrected chi connectivity index (χ3v) is 12.4. The van der Waals surface area contributed by atoms with Crippen LogP contribution in [0.5, 0.6) is 0 Å². The molecule has 0 spiro atoms. The molecule has 1 aliphatic heterocycles. The SMILES string of the molecule is C=CCCN(Cc1ncc(-c2ccc3cc(C4=CC=C(c5cn6c(n5)CN(CC(C)=O)C([C@@H](NC(=O)OC)C(C)C)O6)CC4)ccc3c2)[nH]1)C(C)[C@H](NC(=O)OC)C1=CC=CCCC1. The molecule has 64 heavy (non-hydrogen) atoms. The number of nitrogens with one attached hydrogen (secondary N) is 3. The molecule has 0 radical (unpaired) electrons. The highest BCUT2D eigenvalue weighted by Gasteiger charge is 2.39. The van der Waals surface area contributed by atoms with Crippen molar-refractivity contribution in [3.8, 4) is 11.3 Å². The molecule has 2 unspecified atom stereocenters. The largest absolute Gasteiger partial charge is 0.453 e. The van der Waals surface area contributed by atoms with E-state index in [4.69, 9.17) is 24.3 Å². The minimum absolute atomic E-state index is 0.00469. The summed E-state index contributed by atoms with van der Waals surface area (Å²) >= 11 is 0. The topological polar surface area (TPSA) is 156 Å². The first-order chi connectivity index (χ1) is 30.9. The molecule has 14 nitrogen and oxygen atoms in total. The Labute approximate surface area is 376 Å². The molecule has 0 saturated carbocycles. The van der Waals surface area contributed by atoms with Gasteiger partial charge in [0, 0.05) is 18.2 Å². The number of aromatic amines is 1. The summed E-state index contributed by atoms with van der Waals surface area (Å²) in [4.78, 5) is 61.0. The molecule has 3 aliphatic rings. The second-order valence-electron chi connectivity index (χ2n) is 17.2. The fraction of sp³-hybridized carbons (Fsp3) is 0.420. The number of ether oxygens (including phenoxy) is 2. The van der Waals surface area contributed by atoms with Gasteiger partial charge in [-0.05, 0) is 103 Å². The van der Waals surface area contributed by atoms with Crippen LogP contribution in [-0.2, 0) is 27.4 Å². The number of amides is 2. The molecule has 0 fully saturated rings. The van der Waals surface area contributed by atoms with Gasteiger partial charge < -0.3 is 29.9 Å². The molecule has 338 valence electrons. The number of carbonyl (C=O) groups excluding carboxylic acids is 3. The van der Waals surface area contributed by atoms with Crippen molar-refractivity contribution in [3.63, 3.8) is 0 Å². The molecule has 14 heteroatoms. The van der Waals surface area contributed by atoms with E-state index in [1.807, 2.05) is 37.2 Å². The maximum atomic E-state index is 12.5. The highest BCUT2D eigenvalue weighted by atomic mass is 16.7. The lowest BCUT2D eigenvalue weighted by molar-refractivity contribution is -0.140. The van der Waals surface area contributed by atoms with Crippen molar-refractivity contribution in [1.29, 1.82) is 0 Å². The maximum Gasteiger partial charge on any atom is 0.407 e. The van der Waals surface area contributed by atoms with Crippen molar-refractivity contribution in [3.05, 3.63) is 120 Å². The predicted molar refractivity (Wildman–Crippen MR) is 250 cm³/mol. The Morgan fingerprint density at radius 3 is 2.41 bits per heavy atom. The predicted octanol–water partition coefficient (Wildman–Crippen LogP) is 8.38. The van der Waals surface area contributed by atoms with Gasteiger partial charge in [-0.3, -0.25) is 9.69 Å². The molecular weight excluding hydrogens is 809 g/mol. The van der Waals surface area contributed by atoms with Gasteiger partial charge in [0.15, 0.2) is 5.82 Å². The summed E-state index contributed by atoms with van der Waals surface area (Å²) in [6.45, 7) is 13.5. The first kappa shape index (κ1) is 45.8. The Hall–Kier alpha value is -6.25. The van der Waals surface area contributed by atoms with E-state index in [1.165, 1.54) is 30.9 Å². The Kier molecular flexibility index (Phi) is 15.0. The Bertz CT molecular complexity index is 2460. The number of rotatable bonds is 17. The number of benzene rings is 2. The smallest absolute Gasteiger partial charge is 0.407 e. The van der Waals surface area contributed by atoms with Gasteiger partial charge in [0.05, 0.1) is 69.7 Å². The number of hydrogen-bond donors (Lipinski definition) is 3. The van der Waals surface area contributed by atoms with Crippen LogP contribution in [0.4, 0.5) is 9.59 Å². The molecule has 2 amide bonds. The average Bonchev–Trinajstić information content (AvgIpc) is 3.85. The van der Waals surface area contributed by atoms with E-state index in [0.717, 1.165) is 84.2 Å². The number of methoxy groups -OCH3 is 2. The number of hydrogen-bond acceptors (Lipinski definition) is 10. The van der Waals surface area contributed by atoms with E-state index < -0.39 is 24.5 Å². The normalized spacial score (nSPS) is 17.9. The maximum absolute atomic E-state index is 12.5. The van der Waals surface area contributed by atoms with Gasteiger partial charge in [-0.15, -0.1) is 6.58 Å². The van der Waals surface area contributed by atoms with E-state index in [2.05, 4.69) is 101 Å². The standard InChI is InChI=1S/C50H62N8O6/c1-8-9-24-56(34(5)47(55-50(61)63-7)37-14-12-10-11-13-15-37)30-44-51-27-42(52-44)41-23-22-39-25-38(20-21-40(39)26-41)35-16-18-36(19-17-35)43-29-58-45(53-43)31-57(28-33(4)59)48(64-58)46(32(2)3)54-49(60)62-6/h8,10,12,14,16,18,20-23,25-27,29,32,34,46-48H,1,9,11,13,15,17,19,24,28,30-31H2,2-7H3,(H,51,52)(H,54,60)(H,55,61)/t34?,46-,47-,48?/m0/s1. The number of carbonyl (C=O) groups is 3. The quantitative estimate of drug-likeness (QED) is 0.0882. The number of ketones is 1. The molecule has 2 aromatic heterocycles. The first-order valence-corrected chi connectivity index (χ1v) is 22.3. The average molecular weight is 871 g/mol. The second kappa shape index (κ2) is 21.0. The van der Waals surface area contributed by atoms with Crippen LogP contribution in [0, 0.1) is 5.92 Å². The molecule has 0 bridgehead atoms. The number of fused-ring (bicyclic) bond motifs is 2. The molecule has 2 aliphatic carbocycles. The zero-order chi connectivity index (χ0) is 45.3. The number of H-pyrrole nitrogens is 1. The lowest BCUT2D eigenvalue weighted by Crippen LogP contribution is -2.61. The van der Waals surface area contributed by atoms with Crippen molar-refractivity contribution in [1.82, 2.24) is 40.1 Å². The third kappa shape index (κ3) is 10.9. The van der Waals surface area contributed by atoms with Crippen LogP contribution in [0.15, 0.2) is 97.4 Å². The molecule has 4 aromatic rings. The molecule has 3 heterocycles. The summed E-state index contributed by atoms with van der Waals surface area (Å²) in [5, 5.41) is 8.30. The lowest BCUT2D eigenvalue weighted by atomic mass is 9.91. The highest BCUT2D eigenvalue weighted by molar-refractivity contribution is 5.90. The van der Waals surface area contributed by atoms with Crippen LogP contribution in [0.2, 0.25) is 0 Å². The summed E-state index contributed by atoms with van der Waals surface area (Å²) in [5.74, 6) is 1.54. The molecule has 0 saturated heterocycles. The number of aromatic nitrogens is 4. The van der Waals surface area contributed by atoms with Crippen LogP contribution in [0.3, 0.4) is 0 Å². The first-order valence-electron chi connectivity index (χ1n) is 22.3. The molecule has 7 rings (SSSR count). The van der Waals surface area contributed by atoms with Gasteiger partial charge in [0.2, 0.25) is 6.23 Å². The fourth-order valence-corrected chi connectivity index (χ4v) is 8.84. The van der Waals surface area contributed by atoms with E-state index in [1.54, 1.807) is 11.7 Å². The van der Waals surface area contributed by atoms with Gasteiger partial charge in [0.25, 0.3) is 0 Å². The molecule has 4 atom stereocenters. The summed E-state index contributed by atoms with van der Waals surface area (Å²) in [6.07, 6.45) is 20.3. The van der Waals surface area contributed by atoms with Gasteiger partial charge in [-0.25, -0.2) is 24.5 Å². The fourth-order valence-electron chi connectivity index (χ4n) is 8.84. The number of allylic oxidation sites excluding steroid dienone is 7. The minimum atomic E-state index is -0.590. The summed E-state index contributed by atoms with van der Waals surface area (Å²) in [7, 11) is 2.73. The monoisotopic (exact) mass is 870 g/mol. The molecular formula is C50H62N8O6. The van der Waals surface area contributed by atoms with Crippen molar-refractivity contribution >= 4 is 39.9 Å². The van der Waals surface area contributed by atoms with Crippen LogP contribution in [0.25, 0.3) is 33.2 Å². The second-order valence-corrected chi connectivity index (χ2v) is 17.2. The number of Topliss-reactive ketones (excluding diaryl/α,β-unsaturated/α-hetero) is 1. The van der Waals surface area contributed by atoms with Crippen LogP contribution in [-0.4, -0.2) is 99.1 Å². The molecule has 3 N–H and O–H groups in total. The highest BCUT2D eigenvalue weighted by Crippen LogP contribution is 2.34. The van der Waals surface area contributed by atoms with Gasteiger partial charge in [-0.1, -0.05) is 74.6 Å². The third-order valence-electron chi connectivity index (χ3n) is 12.4. The van der Waals surface area contributed by atoms with Crippen molar-refractivity contribution in [2.24, 2.45) is 5.92 Å². The van der Waals surface area contributed by atoms with Crippen LogP contribution in [0.1, 0.15) is 89.1 Å². The van der Waals surface area contributed by atoms with E-state index in [0.29, 0.717) is 18.9 Å². The Balaban J connectivity index is 1.05. The van der Waals surface area contributed by atoms with E-state index >= 15 is 0 Å². The van der Waals surface area contributed by atoms with Crippen molar-refractivity contribution < 1.29 is 28.7 Å². The minimum Gasteiger partial charge on any atom is -0.453 e. The molecule has 2 aromatic carbocycles. The van der Waals surface area contributed by atoms with Crippen LogP contribution >= 0.6 is 0 Å². The van der Waals surface area contributed by atoms with Crippen molar-refractivity contribution in [2.75, 3.05) is 27.3 Å². The summed E-state index contributed by atoms with van der Waals surface area (Å²) < 4.78 is 11.6. The van der Waals surface area contributed by atoms with E-state index in [-0.39, 0.29) is 30.3 Å². The van der Waals surface area contributed by atoms with Gasteiger partial charge in [0.1, 0.15) is 11.6 Å². The Morgan fingerprint density at radius 1 is 0.984 bits per heavy atom. The number of imidazole rings is 2. The summed E-state index contributed by atoms with van der Waals surface area (Å²) in [6, 6.07) is 12.4. The Morgan fingerprint density at radius 2 is 1.70 bits per heavy atom. The lowest BCUT2D eigenvalue weighted by Gasteiger charge is -2.40. The zero-order valence-corrected chi connectivity index (χ0v) is 37.9. The van der Waals surface area contributed by atoms with Gasteiger partial charge >= 0.3 is 12.2 Å². The zero-order valence-electron chi connectivity index (χ0n) is 37.9. The van der Waals surface area contributed by atoms with Gasteiger partial charge in [-0.2, -0.15) is 4.73 Å². The summed E-state index contributed by atoms with van der Waals surface area (Å²) in [5.41, 5.74) is 7.53. The number of nitrogens with zero attached hydrogens (tertiary/aromatic N) is 5. The van der Waals surface area contributed by atoms with E-state index in [9.17, 15) is 14.4 Å². The van der Waals surface area contributed by atoms with Crippen LogP contribution < -0.4 is 15.5 Å².